The second-order valence-electron chi connectivity index (χ2n) is 14.1. The normalized spacial score (nSPS) is 11.8. The van der Waals surface area contributed by atoms with Crippen LogP contribution >= 0.6 is 0 Å². The fourth-order valence-corrected chi connectivity index (χ4v) is 9.08. The van der Waals surface area contributed by atoms with Gasteiger partial charge in [-0.1, -0.05) is 72.8 Å². The summed E-state index contributed by atoms with van der Waals surface area (Å²) in [5, 5.41) is 15.1. The number of aliphatic hydroxyl groups is 1. The SMILES string of the molecule is O=S(=O)(c1ccc(OCc2ccc3ccccc3c2)cc1)c1ccc(OCC(O)COc2ccc(S(=O)(=O)c3ccc(OCc4ccc5ccccc5c4)cc3)cc2)cc1. The monoisotopic (exact) mass is 836 g/mol. The molecule has 1 N–H and O–H groups in total. The van der Waals surface area contributed by atoms with Crippen molar-refractivity contribution in [3.63, 3.8) is 0 Å². The van der Waals surface area contributed by atoms with Gasteiger partial charge in [0, 0.05) is 0 Å². The van der Waals surface area contributed by atoms with E-state index in [4.69, 9.17) is 18.9 Å². The van der Waals surface area contributed by atoms with Gasteiger partial charge in [0.25, 0.3) is 0 Å². The number of rotatable bonds is 16. The lowest BCUT2D eigenvalue weighted by Crippen LogP contribution is -2.25. The van der Waals surface area contributed by atoms with E-state index in [0.29, 0.717) is 36.2 Å². The lowest BCUT2D eigenvalue weighted by Gasteiger charge is -2.14. The first-order valence-electron chi connectivity index (χ1n) is 19.2. The highest BCUT2D eigenvalue weighted by Gasteiger charge is 2.20. The van der Waals surface area contributed by atoms with Crippen LogP contribution in [0.1, 0.15) is 11.1 Å². The fourth-order valence-electron chi connectivity index (χ4n) is 6.56. The van der Waals surface area contributed by atoms with Crippen molar-refractivity contribution in [2.45, 2.75) is 38.9 Å². The molecule has 0 aliphatic carbocycles. The van der Waals surface area contributed by atoms with Crippen LogP contribution in [-0.2, 0) is 32.9 Å². The van der Waals surface area contributed by atoms with Gasteiger partial charge in [0.05, 0.1) is 19.6 Å². The maximum atomic E-state index is 13.3. The third-order valence-corrected chi connectivity index (χ3v) is 13.4. The third-order valence-electron chi connectivity index (χ3n) is 9.86. The maximum Gasteiger partial charge on any atom is 0.206 e. The van der Waals surface area contributed by atoms with Crippen LogP contribution in [0.15, 0.2) is 202 Å². The number of hydrogen-bond donors (Lipinski definition) is 1. The molecule has 302 valence electrons. The molecule has 0 unspecified atom stereocenters. The van der Waals surface area contributed by atoms with Crippen LogP contribution in [0, 0.1) is 0 Å². The van der Waals surface area contributed by atoms with Crippen molar-refractivity contribution in [3.8, 4) is 23.0 Å². The highest BCUT2D eigenvalue weighted by molar-refractivity contribution is 7.91. The average Bonchev–Trinajstić information content (AvgIpc) is 3.29. The Balaban J connectivity index is 0.782. The van der Waals surface area contributed by atoms with E-state index in [2.05, 4.69) is 24.3 Å². The van der Waals surface area contributed by atoms with Crippen LogP contribution in [0.5, 0.6) is 23.0 Å². The lowest BCUT2D eigenvalue weighted by molar-refractivity contribution is 0.0626. The Bertz CT molecular complexity index is 2750. The first-order chi connectivity index (χ1) is 29.1. The minimum absolute atomic E-state index is 0.0906. The maximum absolute atomic E-state index is 13.3. The van der Waals surface area contributed by atoms with E-state index >= 15 is 0 Å². The van der Waals surface area contributed by atoms with Gasteiger partial charge in [0.1, 0.15) is 55.5 Å². The van der Waals surface area contributed by atoms with Gasteiger partial charge in [0.15, 0.2) is 0 Å². The largest absolute Gasteiger partial charge is 0.491 e. The number of aliphatic hydroxyl groups excluding tert-OH is 1. The molecule has 8 aromatic carbocycles. The molecule has 8 rings (SSSR count). The minimum atomic E-state index is -3.80. The van der Waals surface area contributed by atoms with E-state index in [9.17, 15) is 21.9 Å². The Hall–Kier alpha value is -6.66. The third kappa shape index (κ3) is 9.45. The van der Waals surface area contributed by atoms with E-state index in [1.54, 1.807) is 24.3 Å². The number of fused-ring (bicyclic) bond motifs is 2. The van der Waals surface area contributed by atoms with Crippen LogP contribution in [0.25, 0.3) is 21.5 Å². The van der Waals surface area contributed by atoms with Gasteiger partial charge in [-0.2, -0.15) is 0 Å². The predicted molar refractivity (Wildman–Crippen MR) is 230 cm³/mol. The van der Waals surface area contributed by atoms with Crippen molar-refractivity contribution >= 4 is 41.2 Å². The van der Waals surface area contributed by atoms with E-state index in [1.165, 1.54) is 72.8 Å². The smallest absolute Gasteiger partial charge is 0.206 e. The summed E-state index contributed by atoms with van der Waals surface area (Å²) in [6.45, 7) is 0.449. The van der Waals surface area contributed by atoms with Crippen LogP contribution in [0.4, 0.5) is 0 Å². The van der Waals surface area contributed by atoms with E-state index in [-0.39, 0.29) is 32.8 Å². The van der Waals surface area contributed by atoms with Crippen molar-refractivity contribution < 1.29 is 40.9 Å². The Labute approximate surface area is 348 Å². The van der Waals surface area contributed by atoms with Crippen molar-refractivity contribution in [1.29, 1.82) is 0 Å². The summed E-state index contributed by atoms with van der Waals surface area (Å²) in [4.78, 5) is 0.432. The van der Waals surface area contributed by atoms with Gasteiger partial charge in [-0.15, -0.1) is 0 Å². The van der Waals surface area contributed by atoms with Crippen LogP contribution < -0.4 is 18.9 Å². The molecule has 0 aliphatic heterocycles. The van der Waals surface area contributed by atoms with Gasteiger partial charge < -0.3 is 24.1 Å². The summed E-state index contributed by atoms with van der Waals surface area (Å²) in [7, 11) is -7.61. The summed E-state index contributed by atoms with van der Waals surface area (Å²) in [5.41, 5.74) is 2.01. The molecule has 0 saturated heterocycles. The summed E-state index contributed by atoms with van der Waals surface area (Å²) < 4.78 is 76.5. The second kappa shape index (κ2) is 17.7. The Kier molecular flexibility index (Phi) is 11.8. The lowest BCUT2D eigenvalue weighted by atomic mass is 10.1. The molecule has 11 heteroatoms. The summed E-state index contributed by atoms with van der Waals surface area (Å²) in [6.07, 6.45) is -1.03. The van der Waals surface area contributed by atoms with Gasteiger partial charge in [-0.3, -0.25) is 0 Å². The van der Waals surface area contributed by atoms with Crippen LogP contribution in [0.3, 0.4) is 0 Å². The molecule has 0 aliphatic rings. The molecule has 0 amide bonds. The quantitative estimate of drug-likeness (QED) is 0.101. The molecule has 8 aromatic rings. The standard InChI is InChI=1S/C49H40O9S2/c50-41(33-57-44-17-25-48(26-18-44)59(51,52)46-21-13-42(14-22-46)55-31-35-9-11-37-5-1-3-7-39(37)29-35)34-58-45-19-27-49(28-20-45)60(53,54)47-23-15-43(16-24-47)56-32-36-10-12-38-6-2-4-8-40(38)30-36/h1-30,41,50H,31-34H2. The van der Waals surface area contributed by atoms with Crippen molar-refractivity contribution in [2.75, 3.05) is 13.2 Å². The number of ether oxygens (including phenoxy) is 4. The molecular weight excluding hydrogens is 797 g/mol. The summed E-state index contributed by atoms with van der Waals surface area (Å²) >= 11 is 0. The summed E-state index contributed by atoms with van der Waals surface area (Å²) in [5.74, 6) is 1.83. The molecule has 0 heterocycles. The second-order valence-corrected chi connectivity index (χ2v) is 18.0. The highest BCUT2D eigenvalue weighted by atomic mass is 32.2. The first-order valence-corrected chi connectivity index (χ1v) is 22.1. The molecule has 0 aromatic heterocycles. The van der Waals surface area contributed by atoms with Crippen LogP contribution in [0.2, 0.25) is 0 Å². The number of hydrogen-bond acceptors (Lipinski definition) is 9. The van der Waals surface area contributed by atoms with Gasteiger partial charge in [0.2, 0.25) is 19.7 Å². The predicted octanol–water partition coefficient (Wildman–Crippen LogP) is 9.64. The average molecular weight is 837 g/mol. The molecule has 0 spiro atoms. The van der Waals surface area contributed by atoms with Crippen molar-refractivity contribution in [1.82, 2.24) is 0 Å². The van der Waals surface area contributed by atoms with E-state index < -0.39 is 25.8 Å². The van der Waals surface area contributed by atoms with Gasteiger partial charge in [-0.05, 0) is 142 Å². The molecule has 9 nitrogen and oxygen atoms in total. The fraction of sp³-hybridized carbons (Fsp3) is 0.102. The van der Waals surface area contributed by atoms with Gasteiger partial charge in [-0.25, -0.2) is 16.8 Å². The van der Waals surface area contributed by atoms with Gasteiger partial charge >= 0.3 is 0 Å². The zero-order valence-corrected chi connectivity index (χ0v) is 33.9. The molecule has 0 fully saturated rings. The van der Waals surface area contributed by atoms with Crippen molar-refractivity contribution in [2.24, 2.45) is 0 Å². The zero-order valence-electron chi connectivity index (χ0n) is 32.3. The molecular formula is C49H40O9S2. The highest BCUT2D eigenvalue weighted by Crippen LogP contribution is 2.28. The van der Waals surface area contributed by atoms with Crippen molar-refractivity contribution in [3.05, 3.63) is 193 Å². The van der Waals surface area contributed by atoms with E-state index in [1.807, 2.05) is 60.7 Å². The summed E-state index contributed by atoms with van der Waals surface area (Å²) in [6, 6.07) is 52.9. The van der Waals surface area contributed by atoms with Crippen LogP contribution in [-0.4, -0.2) is 41.3 Å². The topological polar surface area (TPSA) is 125 Å². The molecule has 0 saturated carbocycles. The molecule has 60 heavy (non-hydrogen) atoms. The first kappa shape index (κ1) is 40.1. The Morgan fingerprint density at radius 1 is 0.367 bits per heavy atom. The Morgan fingerprint density at radius 2 is 0.667 bits per heavy atom. The van der Waals surface area contributed by atoms with E-state index in [0.717, 1.165) is 32.7 Å². The number of sulfone groups is 2. The molecule has 0 radical (unpaired) electrons. The minimum Gasteiger partial charge on any atom is -0.491 e. The molecule has 0 bridgehead atoms. The Morgan fingerprint density at radius 3 is 1.00 bits per heavy atom. The zero-order chi connectivity index (χ0) is 41.5. The number of benzene rings is 8. The molecule has 0 atom stereocenters.